The molecule has 0 spiro atoms. The van der Waals surface area contributed by atoms with Crippen LogP contribution in [0.4, 0.5) is 0 Å². The SMILES string of the molecule is COC1CCCCCCC2CC21. The number of ether oxygens (including phenoxy) is 1. The smallest absolute Gasteiger partial charge is 0.0602 e. The summed E-state index contributed by atoms with van der Waals surface area (Å²) in [5.74, 6) is 1.97. The first-order valence-corrected chi connectivity index (χ1v) is 5.44. The van der Waals surface area contributed by atoms with Crippen molar-refractivity contribution < 1.29 is 4.74 Å². The van der Waals surface area contributed by atoms with Crippen LogP contribution in [0.5, 0.6) is 0 Å². The summed E-state index contributed by atoms with van der Waals surface area (Å²) in [5, 5.41) is 0. The lowest BCUT2D eigenvalue weighted by molar-refractivity contribution is 0.0713. The first-order chi connectivity index (χ1) is 5.92. The predicted octanol–water partition coefficient (Wildman–Crippen LogP) is 2.99. The minimum atomic E-state index is 0.605. The Labute approximate surface area is 75.5 Å². The van der Waals surface area contributed by atoms with Gasteiger partial charge < -0.3 is 4.74 Å². The zero-order chi connectivity index (χ0) is 8.39. The molecule has 0 bridgehead atoms. The maximum absolute atomic E-state index is 5.54. The summed E-state index contributed by atoms with van der Waals surface area (Å²) in [4.78, 5) is 0. The van der Waals surface area contributed by atoms with E-state index in [9.17, 15) is 0 Å². The van der Waals surface area contributed by atoms with Gasteiger partial charge in [0.2, 0.25) is 0 Å². The summed E-state index contributed by atoms with van der Waals surface area (Å²) >= 11 is 0. The van der Waals surface area contributed by atoms with Gasteiger partial charge in [-0.05, 0) is 24.7 Å². The highest BCUT2D eigenvalue weighted by atomic mass is 16.5. The Kier molecular flexibility index (Phi) is 2.69. The van der Waals surface area contributed by atoms with E-state index in [0.717, 1.165) is 11.8 Å². The average Bonchev–Trinajstić information content (AvgIpc) is 2.82. The molecule has 0 radical (unpaired) electrons. The van der Waals surface area contributed by atoms with Crippen molar-refractivity contribution in [1.29, 1.82) is 0 Å². The molecule has 0 N–H and O–H groups in total. The second kappa shape index (κ2) is 3.78. The van der Waals surface area contributed by atoms with E-state index < -0.39 is 0 Å². The molecule has 0 aromatic heterocycles. The maximum Gasteiger partial charge on any atom is 0.0602 e. The molecule has 3 unspecified atom stereocenters. The molecule has 12 heavy (non-hydrogen) atoms. The van der Waals surface area contributed by atoms with Crippen LogP contribution < -0.4 is 0 Å². The molecular weight excluding hydrogens is 148 g/mol. The van der Waals surface area contributed by atoms with Gasteiger partial charge in [-0.3, -0.25) is 0 Å². The standard InChI is InChI=1S/C11H20O/c1-12-11-7-5-3-2-4-6-9-8-10(9)11/h9-11H,2-8H2,1H3. The van der Waals surface area contributed by atoms with Crippen LogP contribution in [0.2, 0.25) is 0 Å². The van der Waals surface area contributed by atoms with Crippen LogP contribution in [0.15, 0.2) is 0 Å². The van der Waals surface area contributed by atoms with Crippen molar-refractivity contribution in [2.75, 3.05) is 7.11 Å². The van der Waals surface area contributed by atoms with Crippen LogP contribution >= 0.6 is 0 Å². The molecule has 0 aromatic carbocycles. The fraction of sp³-hybridized carbons (Fsp3) is 1.00. The van der Waals surface area contributed by atoms with Gasteiger partial charge in [0.15, 0.2) is 0 Å². The van der Waals surface area contributed by atoms with Crippen molar-refractivity contribution in [3.8, 4) is 0 Å². The third-order valence-electron chi connectivity index (χ3n) is 3.57. The zero-order valence-electron chi connectivity index (χ0n) is 8.09. The Morgan fingerprint density at radius 2 is 1.75 bits per heavy atom. The molecule has 2 fully saturated rings. The monoisotopic (exact) mass is 168 g/mol. The summed E-state index contributed by atoms with van der Waals surface area (Å²) in [6.07, 6.45) is 10.6. The fourth-order valence-electron chi connectivity index (χ4n) is 2.67. The van der Waals surface area contributed by atoms with Gasteiger partial charge in [-0.1, -0.05) is 32.1 Å². The number of methoxy groups -OCH3 is 1. The van der Waals surface area contributed by atoms with Gasteiger partial charge >= 0.3 is 0 Å². The van der Waals surface area contributed by atoms with Gasteiger partial charge in [-0.25, -0.2) is 0 Å². The lowest BCUT2D eigenvalue weighted by atomic mass is 10.1. The van der Waals surface area contributed by atoms with Gasteiger partial charge in [0, 0.05) is 7.11 Å². The van der Waals surface area contributed by atoms with E-state index in [1.807, 2.05) is 7.11 Å². The third kappa shape index (κ3) is 1.82. The number of hydrogen-bond donors (Lipinski definition) is 0. The van der Waals surface area contributed by atoms with E-state index in [1.54, 1.807) is 0 Å². The van der Waals surface area contributed by atoms with Crippen molar-refractivity contribution in [3.05, 3.63) is 0 Å². The van der Waals surface area contributed by atoms with Crippen molar-refractivity contribution in [2.24, 2.45) is 11.8 Å². The van der Waals surface area contributed by atoms with Gasteiger partial charge in [0.25, 0.3) is 0 Å². The van der Waals surface area contributed by atoms with Crippen LogP contribution in [0.3, 0.4) is 0 Å². The lowest BCUT2D eigenvalue weighted by Gasteiger charge is -2.13. The molecule has 2 aliphatic rings. The van der Waals surface area contributed by atoms with Gasteiger partial charge in [-0.15, -0.1) is 0 Å². The van der Waals surface area contributed by atoms with Gasteiger partial charge in [0.1, 0.15) is 0 Å². The van der Waals surface area contributed by atoms with Crippen molar-refractivity contribution in [2.45, 2.75) is 51.0 Å². The molecule has 0 heterocycles. The van der Waals surface area contributed by atoms with Crippen molar-refractivity contribution >= 4 is 0 Å². The Balaban J connectivity index is 1.87. The topological polar surface area (TPSA) is 9.23 Å². The molecule has 0 amide bonds. The van der Waals surface area contributed by atoms with Crippen LogP contribution in [0.1, 0.15) is 44.9 Å². The normalized spacial score (nSPS) is 42.2. The summed E-state index contributed by atoms with van der Waals surface area (Å²) in [6.45, 7) is 0. The minimum absolute atomic E-state index is 0.605. The summed E-state index contributed by atoms with van der Waals surface area (Å²) < 4.78 is 5.54. The van der Waals surface area contributed by atoms with E-state index >= 15 is 0 Å². The van der Waals surface area contributed by atoms with Gasteiger partial charge in [0.05, 0.1) is 6.10 Å². The van der Waals surface area contributed by atoms with Crippen molar-refractivity contribution in [1.82, 2.24) is 0 Å². The molecule has 0 aromatic rings. The summed E-state index contributed by atoms with van der Waals surface area (Å²) in [7, 11) is 1.89. The molecule has 2 saturated carbocycles. The van der Waals surface area contributed by atoms with Crippen LogP contribution in [-0.2, 0) is 4.74 Å². The van der Waals surface area contributed by atoms with E-state index in [2.05, 4.69) is 0 Å². The molecule has 0 aliphatic heterocycles. The highest BCUT2D eigenvalue weighted by Crippen LogP contribution is 2.47. The molecule has 1 nitrogen and oxygen atoms in total. The Bertz CT molecular complexity index is 144. The van der Waals surface area contributed by atoms with Crippen LogP contribution in [0.25, 0.3) is 0 Å². The zero-order valence-corrected chi connectivity index (χ0v) is 8.09. The quantitative estimate of drug-likeness (QED) is 0.585. The average molecular weight is 168 g/mol. The van der Waals surface area contributed by atoms with Crippen LogP contribution in [0, 0.1) is 11.8 Å². The predicted molar refractivity (Wildman–Crippen MR) is 50.1 cm³/mol. The van der Waals surface area contributed by atoms with E-state index in [0.29, 0.717) is 6.10 Å². The summed E-state index contributed by atoms with van der Waals surface area (Å²) in [6, 6.07) is 0. The van der Waals surface area contributed by atoms with Gasteiger partial charge in [-0.2, -0.15) is 0 Å². The summed E-state index contributed by atoms with van der Waals surface area (Å²) in [5.41, 5.74) is 0. The first-order valence-electron chi connectivity index (χ1n) is 5.44. The van der Waals surface area contributed by atoms with E-state index in [1.165, 1.54) is 44.9 Å². The largest absolute Gasteiger partial charge is 0.381 e. The second-order valence-corrected chi connectivity index (χ2v) is 4.43. The van der Waals surface area contributed by atoms with E-state index in [-0.39, 0.29) is 0 Å². The molecule has 1 heteroatoms. The maximum atomic E-state index is 5.54. The van der Waals surface area contributed by atoms with Crippen molar-refractivity contribution in [3.63, 3.8) is 0 Å². The Hall–Kier alpha value is -0.0400. The minimum Gasteiger partial charge on any atom is -0.381 e. The molecule has 2 aliphatic carbocycles. The lowest BCUT2D eigenvalue weighted by Crippen LogP contribution is -2.13. The number of fused-ring (bicyclic) bond motifs is 1. The molecule has 70 valence electrons. The molecule has 2 rings (SSSR count). The number of rotatable bonds is 1. The number of hydrogen-bond acceptors (Lipinski definition) is 1. The van der Waals surface area contributed by atoms with E-state index in [4.69, 9.17) is 4.74 Å². The molecular formula is C11H20O. The first kappa shape index (κ1) is 8.55. The molecule has 0 saturated heterocycles. The Morgan fingerprint density at radius 3 is 2.50 bits per heavy atom. The highest BCUT2D eigenvalue weighted by molar-refractivity contribution is 4.92. The second-order valence-electron chi connectivity index (χ2n) is 4.43. The molecule has 3 atom stereocenters. The highest BCUT2D eigenvalue weighted by Gasteiger charge is 2.42. The fourth-order valence-corrected chi connectivity index (χ4v) is 2.67. The Morgan fingerprint density at radius 1 is 1.00 bits per heavy atom. The van der Waals surface area contributed by atoms with Crippen LogP contribution in [-0.4, -0.2) is 13.2 Å². The third-order valence-corrected chi connectivity index (χ3v) is 3.57.